The zero-order valence-corrected chi connectivity index (χ0v) is 15.6. The predicted octanol–water partition coefficient (Wildman–Crippen LogP) is 3.30. The van der Waals surface area contributed by atoms with Gasteiger partial charge in [-0.15, -0.1) is 0 Å². The summed E-state index contributed by atoms with van der Waals surface area (Å²) in [5.74, 6) is 2.87. The molecule has 1 unspecified atom stereocenters. The van der Waals surface area contributed by atoms with Crippen LogP contribution in [0.1, 0.15) is 63.6 Å². The highest BCUT2D eigenvalue weighted by Crippen LogP contribution is 2.26. The summed E-state index contributed by atoms with van der Waals surface area (Å²) in [5.41, 5.74) is -1.38. The number of rotatable bonds is 9. The Bertz CT molecular complexity index is 660. The summed E-state index contributed by atoms with van der Waals surface area (Å²) < 4.78 is 11.4. The third-order valence-corrected chi connectivity index (χ3v) is 4.44. The maximum atomic E-state index is 10.2. The zero-order chi connectivity index (χ0) is 18.7. The fraction of sp³-hybridized carbons (Fsp3) is 0.600. The van der Waals surface area contributed by atoms with Crippen LogP contribution in [0.4, 0.5) is 0 Å². The first-order valence-electron chi connectivity index (χ1n) is 8.81. The van der Waals surface area contributed by atoms with E-state index in [9.17, 15) is 15.3 Å². The van der Waals surface area contributed by atoms with Gasteiger partial charge < -0.3 is 24.2 Å². The maximum Gasteiger partial charge on any atom is 0.135 e. The van der Waals surface area contributed by atoms with Crippen LogP contribution in [0.25, 0.3) is 0 Å². The standard InChI is InChI=1S/C20H30O5/c1-19(2,13-21)17-11-9-15(24-17)7-5-14(22)6-8-16-10-12-18(25-16)20(3,4)23/h9-12,14,21-23H,5-8,13H2,1-4H3. The molecule has 1 atom stereocenters. The lowest BCUT2D eigenvalue weighted by Crippen LogP contribution is -2.21. The van der Waals surface area contributed by atoms with Gasteiger partial charge >= 0.3 is 0 Å². The van der Waals surface area contributed by atoms with Crippen LogP contribution in [0.5, 0.6) is 0 Å². The minimum absolute atomic E-state index is 0.0262. The molecule has 0 amide bonds. The van der Waals surface area contributed by atoms with Crippen LogP contribution in [0.15, 0.2) is 33.1 Å². The molecule has 0 aliphatic heterocycles. The summed E-state index contributed by atoms with van der Waals surface area (Å²) in [6.45, 7) is 7.24. The SMILES string of the molecule is CC(C)(O)c1ccc(CCC(O)CCc2ccc(C(C)(C)CO)o2)o1. The Morgan fingerprint density at radius 2 is 1.36 bits per heavy atom. The Morgan fingerprint density at radius 1 is 0.880 bits per heavy atom. The average Bonchev–Trinajstić information content (AvgIpc) is 3.20. The number of hydrogen-bond donors (Lipinski definition) is 3. The van der Waals surface area contributed by atoms with Crippen LogP contribution in [0.3, 0.4) is 0 Å². The van der Waals surface area contributed by atoms with E-state index in [1.54, 1.807) is 19.9 Å². The van der Waals surface area contributed by atoms with Crippen molar-refractivity contribution in [2.75, 3.05) is 6.61 Å². The minimum Gasteiger partial charge on any atom is -0.465 e. The van der Waals surface area contributed by atoms with Crippen molar-refractivity contribution in [3.8, 4) is 0 Å². The molecule has 0 saturated carbocycles. The van der Waals surface area contributed by atoms with Crippen LogP contribution in [-0.2, 0) is 23.9 Å². The van der Waals surface area contributed by atoms with Crippen LogP contribution < -0.4 is 0 Å². The van der Waals surface area contributed by atoms with Gasteiger partial charge in [0.05, 0.1) is 12.7 Å². The zero-order valence-electron chi connectivity index (χ0n) is 15.6. The van der Waals surface area contributed by atoms with E-state index < -0.39 is 17.1 Å². The Hall–Kier alpha value is -1.56. The molecular weight excluding hydrogens is 320 g/mol. The monoisotopic (exact) mass is 350 g/mol. The van der Waals surface area contributed by atoms with Gasteiger partial charge in [0, 0.05) is 18.3 Å². The highest BCUT2D eigenvalue weighted by Gasteiger charge is 2.23. The molecule has 3 N–H and O–H groups in total. The topological polar surface area (TPSA) is 87.0 Å². The third-order valence-electron chi connectivity index (χ3n) is 4.44. The van der Waals surface area contributed by atoms with Crippen molar-refractivity contribution in [1.29, 1.82) is 0 Å². The number of aryl methyl sites for hydroxylation is 2. The summed E-state index contributed by atoms with van der Waals surface area (Å²) in [5, 5.41) is 29.5. The molecule has 0 aliphatic rings. The predicted molar refractivity (Wildman–Crippen MR) is 95.4 cm³/mol. The smallest absolute Gasteiger partial charge is 0.135 e. The lowest BCUT2D eigenvalue weighted by atomic mass is 9.92. The molecule has 5 heteroatoms. The Morgan fingerprint density at radius 3 is 1.80 bits per heavy atom. The summed E-state index contributed by atoms with van der Waals surface area (Å²) in [6, 6.07) is 7.41. The van der Waals surface area contributed by atoms with E-state index in [4.69, 9.17) is 8.83 Å². The van der Waals surface area contributed by atoms with Crippen LogP contribution in [-0.4, -0.2) is 28.0 Å². The van der Waals surface area contributed by atoms with Crippen LogP contribution in [0, 0.1) is 0 Å². The first kappa shape index (κ1) is 19.8. The number of furan rings is 2. The molecule has 25 heavy (non-hydrogen) atoms. The highest BCUT2D eigenvalue weighted by atomic mass is 16.4. The minimum atomic E-state index is -0.990. The van der Waals surface area contributed by atoms with Crippen molar-refractivity contribution in [3.63, 3.8) is 0 Å². The maximum absolute atomic E-state index is 10.2. The Labute approximate surface area is 149 Å². The summed E-state index contributed by atoms with van der Waals surface area (Å²) in [7, 11) is 0. The number of aliphatic hydroxyl groups is 3. The molecule has 0 bridgehead atoms. The molecule has 2 heterocycles. The van der Waals surface area contributed by atoms with Crippen LogP contribution >= 0.6 is 0 Å². The fourth-order valence-electron chi connectivity index (χ4n) is 2.56. The van der Waals surface area contributed by atoms with Crippen molar-refractivity contribution < 1.29 is 24.2 Å². The highest BCUT2D eigenvalue weighted by molar-refractivity contribution is 5.16. The van der Waals surface area contributed by atoms with Gasteiger partial charge in [0.25, 0.3) is 0 Å². The molecule has 0 aliphatic carbocycles. The van der Waals surface area contributed by atoms with Gasteiger partial charge in [-0.3, -0.25) is 0 Å². The van der Waals surface area contributed by atoms with E-state index in [0.29, 0.717) is 31.4 Å². The molecule has 140 valence electrons. The van der Waals surface area contributed by atoms with Crippen molar-refractivity contribution in [2.45, 2.75) is 70.5 Å². The first-order valence-corrected chi connectivity index (χ1v) is 8.81. The van der Waals surface area contributed by atoms with Crippen molar-refractivity contribution in [3.05, 3.63) is 47.3 Å². The van der Waals surface area contributed by atoms with Gasteiger partial charge in [-0.2, -0.15) is 0 Å². The van der Waals surface area contributed by atoms with Crippen LogP contribution in [0.2, 0.25) is 0 Å². The largest absolute Gasteiger partial charge is 0.465 e. The molecule has 5 nitrogen and oxygen atoms in total. The quantitative estimate of drug-likeness (QED) is 0.646. The van der Waals surface area contributed by atoms with Crippen molar-refractivity contribution >= 4 is 0 Å². The number of aliphatic hydroxyl groups excluding tert-OH is 2. The van der Waals surface area contributed by atoms with Gasteiger partial charge in [0.15, 0.2) is 0 Å². The molecule has 2 aromatic heterocycles. The lowest BCUT2D eigenvalue weighted by Gasteiger charge is -2.18. The van der Waals surface area contributed by atoms with Crippen molar-refractivity contribution in [2.24, 2.45) is 0 Å². The fourth-order valence-corrected chi connectivity index (χ4v) is 2.56. The molecule has 0 aromatic carbocycles. The molecule has 0 radical (unpaired) electrons. The number of hydrogen-bond acceptors (Lipinski definition) is 5. The van der Waals surface area contributed by atoms with Gasteiger partial charge in [-0.1, -0.05) is 13.8 Å². The first-order chi connectivity index (χ1) is 11.6. The summed E-state index contributed by atoms with van der Waals surface area (Å²) in [6.07, 6.45) is 2.02. The van der Waals surface area contributed by atoms with E-state index in [-0.39, 0.29) is 6.61 Å². The average molecular weight is 350 g/mol. The molecule has 2 aromatic rings. The van der Waals surface area contributed by atoms with E-state index in [1.165, 1.54) is 0 Å². The van der Waals surface area contributed by atoms with Gasteiger partial charge in [0.1, 0.15) is 28.6 Å². The molecule has 2 rings (SSSR count). The Kier molecular flexibility index (Phi) is 6.14. The normalized spacial score (nSPS) is 14.0. The summed E-state index contributed by atoms with van der Waals surface area (Å²) in [4.78, 5) is 0. The van der Waals surface area contributed by atoms with Gasteiger partial charge in [-0.25, -0.2) is 0 Å². The second-order valence-electron chi connectivity index (χ2n) is 7.86. The van der Waals surface area contributed by atoms with E-state index in [2.05, 4.69) is 0 Å². The van der Waals surface area contributed by atoms with Crippen molar-refractivity contribution in [1.82, 2.24) is 0 Å². The Balaban J connectivity index is 1.79. The second-order valence-corrected chi connectivity index (χ2v) is 7.86. The lowest BCUT2D eigenvalue weighted by molar-refractivity contribution is 0.0525. The molecule has 0 fully saturated rings. The second kappa shape index (κ2) is 7.77. The third kappa shape index (κ3) is 5.46. The molecule has 0 saturated heterocycles. The van der Waals surface area contributed by atoms with E-state index >= 15 is 0 Å². The van der Waals surface area contributed by atoms with E-state index in [0.717, 1.165) is 17.3 Å². The van der Waals surface area contributed by atoms with Gasteiger partial charge in [-0.05, 0) is 51.0 Å². The van der Waals surface area contributed by atoms with Gasteiger partial charge in [0.2, 0.25) is 0 Å². The molecular formula is C20H30O5. The molecule has 0 spiro atoms. The van der Waals surface area contributed by atoms with E-state index in [1.807, 2.05) is 32.0 Å². The summed E-state index contributed by atoms with van der Waals surface area (Å²) >= 11 is 0.